The highest BCUT2D eigenvalue weighted by Crippen LogP contribution is 2.32. The fourth-order valence-electron chi connectivity index (χ4n) is 2.97. The minimum Gasteiger partial charge on any atom is -0.336 e. The Hall–Kier alpha value is -2.58. The molecule has 8 heteroatoms. The second-order valence-electron chi connectivity index (χ2n) is 6.16. The minimum absolute atomic E-state index is 0.261. The molecule has 1 saturated heterocycles. The lowest BCUT2D eigenvalue weighted by Crippen LogP contribution is -2.50. The topological polar surface area (TPSA) is 71.1 Å². The second-order valence-corrected chi connectivity index (χ2v) is 6.16. The van der Waals surface area contributed by atoms with E-state index in [4.69, 9.17) is 10.5 Å². The van der Waals surface area contributed by atoms with Crippen LogP contribution in [0.3, 0.4) is 0 Å². The number of nitrogens with zero attached hydrogens (tertiary/aromatic N) is 4. The monoisotopic (exact) mass is 364 g/mol. The molecule has 5 nitrogen and oxygen atoms in total. The van der Waals surface area contributed by atoms with Gasteiger partial charge in [0.25, 0.3) is 5.91 Å². The molecule has 0 saturated carbocycles. The molecule has 2 rings (SSSR count). The molecular weight excluding hydrogens is 345 g/mol. The first-order chi connectivity index (χ1) is 12.4. The Bertz CT molecular complexity index is 712. The molecule has 1 aliphatic rings. The van der Waals surface area contributed by atoms with Crippen molar-refractivity contribution >= 4 is 5.91 Å². The average molecular weight is 364 g/mol. The van der Waals surface area contributed by atoms with E-state index < -0.39 is 17.6 Å². The zero-order chi connectivity index (χ0) is 19.2. The SMILES string of the molecule is N#CCCC(C#N)CN1CCN(C(=O)c2ccccc2C(F)(F)F)CC1. The molecule has 0 aliphatic carbocycles. The summed E-state index contributed by atoms with van der Waals surface area (Å²) >= 11 is 0. The van der Waals surface area contributed by atoms with Crippen LogP contribution in [0.1, 0.15) is 28.8 Å². The van der Waals surface area contributed by atoms with E-state index in [0.717, 1.165) is 6.07 Å². The number of alkyl halides is 3. The van der Waals surface area contributed by atoms with E-state index in [-0.39, 0.29) is 11.5 Å². The van der Waals surface area contributed by atoms with Crippen molar-refractivity contribution in [3.63, 3.8) is 0 Å². The van der Waals surface area contributed by atoms with Crippen molar-refractivity contribution in [3.05, 3.63) is 35.4 Å². The van der Waals surface area contributed by atoms with Crippen molar-refractivity contribution < 1.29 is 18.0 Å². The molecule has 0 aromatic heterocycles. The van der Waals surface area contributed by atoms with Gasteiger partial charge < -0.3 is 4.90 Å². The third-order valence-electron chi connectivity index (χ3n) is 4.39. The Morgan fingerprint density at radius 3 is 2.38 bits per heavy atom. The number of carbonyl (C=O) groups excluding carboxylic acids is 1. The molecule has 0 spiro atoms. The van der Waals surface area contributed by atoms with Gasteiger partial charge in [-0.25, -0.2) is 0 Å². The largest absolute Gasteiger partial charge is 0.417 e. The summed E-state index contributed by atoms with van der Waals surface area (Å²) in [6, 6.07) is 8.98. The maximum atomic E-state index is 13.1. The van der Waals surface area contributed by atoms with E-state index >= 15 is 0 Å². The molecule has 26 heavy (non-hydrogen) atoms. The maximum absolute atomic E-state index is 13.1. The van der Waals surface area contributed by atoms with Gasteiger partial charge in [0, 0.05) is 39.1 Å². The van der Waals surface area contributed by atoms with Crippen LogP contribution in [0.2, 0.25) is 0 Å². The average Bonchev–Trinajstić information content (AvgIpc) is 2.64. The molecule has 138 valence electrons. The lowest BCUT2D eigenvalue weighted by Gasteiger charge is -2.35. The molecule has 0 bridgehead atoms. The third-order valence-corrected chi connectivity index (χ3v) is 4.39. The summed E-state index contributed by atoms with van der Waals surface area (Å²) in [5.41, 5.74) is -1.26. The summed E-state index contributed by atoms with van der Waals surface area (Å²) in [6.45, 7) is 2.09. The van der Waals surface area contributed by atoms with Crippen molar-refractivity contribution in [2.75, 3.05) is 32.7 Å². The zero-order valence-corrected chi connectivity index (χ0v) is 14.2. The van der Waals surface area contributed by atoms with E-state index in [2.05, 4.69) is 6.07 Å². The fraction of sp³-hybridized carbons (Fsp3) is 0.500. The highest BCUT2D eigenvalue weighted by atomic mass is 19.4. The van der Waals surface area contributed by atoms with Crippen LogP contribution >= 0.6 is 0 Å². The number of hydrogen-bond donors (Lipinski definition) is 0. The minimum atomic E-state index is -4.57. The van der Waals surface area contributed by atoms with E-state index in [1.807, 2.05) is 11.0 Å². The molecule has 1 fully saturated rings. The first kappa shape index (κ1) is 19.7. The predicted octanol–water partition coefficient (Wildman–Crippen LogP) is 2.91. The standard InChI is InChI=1S/C18H19F3N4O/c19-18(20,21)16-6-2-1-5-15(16)17(26)25-10-8-24(9-11-25)13-14(12-23)4-3-7-22/h1-2,5-6,14H,3-4,8-11,13H2. The highest BCUT2D eigenvalue weighted by Gasteiger charge is 2.36. The van der Waals surface area contributed by atoms with Gasteiger partial charge in [-0.2, -0.15) is 23.7 Å². The molecule has 1 unspecified atom stereocenters. The number of rotatable bonds is 5. The lowest BCUT2D eigenvalue weighted by atomic mass is 10.0. The number of benzene rings is 1. The lowest BCUT2D eigenvalue weighted by molar-refractivity contribution is -0.138. The molecule has 1 aromatic rings. The van der Waals surface area contributed by atoms with Gasteiger partial charge in [-0.05, 0) is 18.6 Å². The van der Waals surface area contributed by atoms with Crippen molar-refractivity contribution in [1.82, 2.24) is 9.80 Å². The van der Waals surface area contributed by atoms with Gasteiger partial charge in [0.1, 0.15) is 0 Å². The third kappa shape index (κ3) is 4.96. The van der Waals surface area contributed by atoms with Crippen molar-refractivity contribution in [2.45, 2.75) is 19.0 Å². The number of halogens is 3. The number of nitriles is 2. The smallest absolute Gasteiger partial charge is 0.336 e. The van der Waals surface area contributed by atoms with Crippen LogP contribution < -0.4 is 0 Å². The van der Waals surface area contributed by atoms with Gasteiger partial charge in [0.05, 0.1) is 29.2 Å². The molecule has 1 heterocycles. The molecule has 1 atom stereocenters. The maximum Gasteiger partial charge on any atom is 0.417 e. The normalized spacial score (nSPS) is 16.6. The first-order valence-corrected chi connectivity index (χ1v) is 8.31. The zero-order valence-electron chi connectivity index (χ0n) is 14.2. The van der Waals surface area contributed by atoms with Crippen LogP contribution in [-0.2, 0) is 6.18 Å². The van der Waals surface area contributed by atoms with Gasteiger partial charge >= 0.3 is 6.18 Å². The fourth-order valence-corrected chi connectivity index (χ4v) is 2.97. The summed E-state index contributed by atoms with van der Waals surface area (Å²) in [5, 5.41) is 17.7. The van der Waals surface area contributed by atoms with Crippen LogP contribution in [-0.4, -0.2) is 48.4 Å². The number of hydrogen-bond acceptors (Lipinski definition) is 4. The number of carbonyl (C=O) groups is 1. The summed E-state index contributed by atoms with van der Waals surface area (Å²) in [4.78, 5) is 15.9. The Morgan fingerprint density at radius 2 is 1.81 bits per heavy atom. The Morgan fingerprint density at radius 1 is 1.15 bits per heavy atom. The number of piperazine rings is 1. The van der Waals surface area contributed by atoms with Crippen LogP contribution in [0.4, 0.5) is 13.2 Å². The quantitative estimate of drug-likeness (QED) is 0.805. The highest BCUT2D eigenvalue weighted by molar-refractivity contribution is 5.96. The van der Waals surface area contributed by atoms with Crippen LogP contribution in [0.5, 0.6) is 0 Å². The number of amides is 1. The van der Waals surface area contributed by atoms with Gasteiger partial charge in [-0.1, -0.05) is 12.1 Å². The van der Waals surface area contributed by atoms with Gasteiger partial charge in [-0.3, -0.25) is 9.69 Å². The van der Waals surface area contributed by atoms with Gasteiger partial charge in [-0.15, -0.1) is 0 Å². The molecule has 1 aliphatic heterocycles. The Labute approximate surface area is 150 Å². The van der Waals surface area contributed by atoms with Crippen LogP contribution in [0.15, 0.2) is 24.3 Å². The molecule has 1 aromatic carbocycles. The van der Waals surface area contributed by atoms with E-state index in [1.54, 1.807) is 0 Å². The first-order valence-electron chi connectivity index (χ1n) is 8.31. The van der Waals surface area contributed by atoms with Crippen molar-refractivity contribution in [3.8, 4) is 12.1 Å². The summed E-state index contributed by atoms with van der Waals surface area (Å²) in [5.74, 6) is -0.887. The van der Waals surface area contributed by atoms with Gasteiger partial charge in [0.15, 0.2) is 0 Å². The molecule has 1 amide bonds. The Balaban J connectivity index is 1.97. The molecule has 0 radical (unpaired) electrons. The van der Waals surface area contributed by atoms with Crippen LogP contribution in [0.25, 0.3) is 0 Å². The van der Waals surface area contributed by atoms with E-state index in [0.29, 0.717) is 45.6 Å². The van der Waals surface area contributed by atoms with E-state index in [9.17, 15) is 18.0 Å². The summed E-state index contributed by atoms with van der Waals surface area (Å²) < 4.78 is 39.3. The van der Waals surface area contributed by atoms with Crippen molar-refractivity contribution in [1.29, 1.82) is 10.5 Å². The predicted molar refractivity (Wildman–Crippen MR) is 87.7 cm³/mol. The van der Waals surface area contributed by atoms with E-state index in [1.165, 1.54) is 23.1 Å². The molecular formula is C18H19F3N4O. The summed E-state index contributed by atoms with van der Waals surface area (Å²) in [6.07, 6.45) is -3.77. The Kier molecular flexibility index (Phi) is 6.59. The second kappa shape index (κ2) is 8.68. The van der Waals surface area contributed by atoms with Gasteiger partial charge in [0.2, 0.25) is 0 Å². The van der Waals surface area contributed by atoms with Crippen LogP contribution in [0, 0.1) is 28.6 Å². The molecule has 0 N–H and O–H groups in total. The van der Waals surface area contributed by atoms with Crippen molar-refractivity contribution in [2.24, 2.45) is 5.92 Å². The summed E-state index contributed by atoms with van der Waals surface area (Å²) in [7, 11) is 0.